The van der Waals surface area contributed by atoms with E-state index in [0.717, 1.165) is 18.2 Å². The molecule has 0 fully saturated rings. The molecule has 13 heteroatoms. The van der Waals surface area contributed by atoms with Crippen molar-refractivity contribution >= 4 is 23.3 Å². The number of nitrogens with one attached hydrogen (secondary N) is 2. The summed E-state index contributed by atoms with van der Waals surface area (Å²) in [7, 11) is 0. The standard InChI is InChI=1S/C11H6ClF9N2O/c12-5-2-1-3-6(4-5)22-7(24)23-8(9(13,14)15,10(16,17)18)11(19,20)21/h1-4H,(H2,22,23,24). The first-order valence-corrected chi connectivity index (χ1v) is 6.04. The molecule has 0 unspecified atom stereocenters. The molecule has 0 aliphatic rings. The predicted molar refractivity (Wildman–Crippen MR) is 64.5 cm³/mol. The highest BCUT2D eigenvalue weighted by atomic mass is 35.5. The molecule has 136 valence electrons. The summed E-state index contributed by atoms with van der Waals surface area (Å²) < 4.78 is 114. The zero-order valence-electron chi connectivity index (χ0n) is 11.0. The molecule has 2 amide bonds. The van der Waals surface area contributed by atoms with Gasteiger partial charge in [0.15, 0.2) is 0 Å². The second-order valence-corrected chi connectivity index (χ2v) is 4.77. The number of anilines is 1. The number of rotatable bonds is 2. The van der Waals surface area contributed by atoms with Gasteiger partial charge in [0.05, 0.1) is 0 Å². The van der Waals surface area contributed by atoms with Crippen molar-refractivity contribution in [3.05, 3.63) is 29.3 Å². The summed E-state index contributed by atoms with van der Waals surface area (Å²) in [5, 5.41) is 1.30. The van der Waals surface area contributed by atoms with E-state index in [1.165, 1.54) is 11.4 Å². The van der Waals surface area contributed by atoms with Gasteiger partial charge in [0.25, 0.3) is 0 Å². The number of halogens is 10. The van der Waals surface area contributed by atoms with Crippen LogP contribution in [0.3, 0.4) is 0 Å². The summed E-state index contributed by atoms with van der Waals surface area (Å²) in [5.74, 6) is 0. The van der Waals surface area contributed by atoms with Crippen LogP contribution in [0.15, 0.2) is 24.3 Å². The summed E-state index contributed by atoms with van der Waals surface area (Å²) in [4.78, 5) is 11.3. The SMILES string of the molecule is O=C(Nc1cccc(Cl)c1)NC(C(F)(F)F)(C(F)(F)F)C(F)(F)F. The van der Waals surface area contributed by atoms with E-state index in [2.05, 4.69) is 0 Å². The predicted octanol–water partition coefficient (Wildman–Crippen LogP) is 4.89. The lowest BCUT2D eigenvalue weighted by Gasteiger charge is -2.38. The molecule has 0 aliphatic carbocycles. The number of hydrogen-bond donors (Lipinski definition) is 2. The molecule has 24 heavy (non-hydrogen) atoms. The van der Waals surface area contributed by atoms with Crippen molar-refractivity contribution in [3.8, 4) is 0 Å². The number of alkyl halides is 9. The minimum absolute atomic E-state index is 0.0498. The monoisotopic (exact) mass is 388 g/mol. The normalized spacial score (nSPS) is 13.6. The van der Waals surface area contributed by atoms with E-state index in [-0.39, 0.29) is 10.3 Å². The molecule has 0 bridgehead atoms. The Morgan fingerprint density at radius 2 is 1.33 bits per heavy atom. The van der Waals surface area contributed by atoms with Crippen molar-refractivity contribution in [1.29, 1.82) is 0 Å². The highest BCUT2D eigenvalue weighted by molar-refractivity contribution is 6.30. The molecular formula is C11H6ClF9N2O. The van der Waals surface area contributed by atoms with Crippen molar-refractivity contribution in [2.75, 3.05) is 5.32 Å². The van der Waals surface area contributed by atoms with Crippen molar-refractivity contribution in [2.24, 2.45) is 0 Å². The van der Waals surface area contributed by atoms with Gasteiger partial charge >= 0.3 is 30.1 Å². The van der Waals surface area contributed by atoms with E-state index in [4.69, 9.17) is 11.6 Å². The molecule has 0 heterocycles. The van der Waals surface area contributed by atoms with Crippen LogP contribution in [0.25, 0.3) is 0 Å². The fourth-order valence-electron chi connectivity index (χ4n) is 1.59. The molecule has 0 spiro atoms. The van der Waals surface area contributed by atoms with Crippen molar-refractivity contribution in [3.63, 3.8) is 0 Å². The highest BCUT2D eigenvalue weighted by Gasteiger charge is 2.84. The van der Waals surface area contributed by atoms with Crippen LogP contribution in [0.4, 0.5) is 50.0 Å². The van der Waals surface area contributed by atoms with Gasteiger partial charge in [-0.15, -0.1) is 0 Å². The molecule has 1 aromatic carbocycles. The van der Waals surface area contributed by atoms with E-state index < -0.39 is 35.8 Å². The lowest BCUT2D eigenvalue weighted by atomic mass is 9.97. The zero-order chi connectivity index (χ0) is 19.0. The Labute approximate surface area is 132 Å². The van der Waals surface area contributed by atoms with Crippen LogP contribution >= 0.6 is 11.6 Å². The van der Waals surface area contributed by atoms with Crippen molar-refractivity contribution in [1.82, 2.24) is 5.32 Å². The third-order valence-electron chi connectivity index (χ3n) is 2.66. The Balaban J connectivity index is 3.25. The molecule has 0 atom stereocenters. The van der Waals surface area contributed by atoms with E-state index in [0.29, 0.717) is 0 Å². The van der Waals surface area contributed by atoms with Gasteiger partial charge in [-0.05, 0) is 18.2 Å². The maximum atomic E-state index is 12.6. The van der Waals surface area contributed by atoms with Gasteiger partial charge in [0.1, 0.15) is 0 Å². The molecule has 0 aromatic heterocycles. The van der Waals surface area contributed by atoms with E-state index >= 15 is 0 Å². The van der Waals surface area contributed by atoms with Crippen molar-refractivity contribution < 1.29 is 44.3 Å². The minimum atomic E-state index is -6.89. The molecule has 0 aliphatic heterocycles. The summed E-state index contributed by atoms with van der Waals surface area (Å²) in [6, 6.07) is 1.92. The third kappa shape index (κ3) is 3.79. The molecule has 0 saturated carbocycles. The molecular weight excluding hydrogens is 383 g/mol. The smallest absolute Gasteiger partial charge is 0.308 e. The molecule has 0 radical (unpaired) electrons. The Hall–Kier alpha value is -1.85. The summed E-state index contributed by atoms with van der Waals surface area (Å²) in [5.41, 5.74) is -6.85. The summed E-state index contributed by atoms with van der Waals surface area (Å²) >= 11 is 5.47. The molecule has 0 saturated heterocycles. The first-order valence-electron chi connectivity index (χ1n) is 5.67. The minimum Gasteiger partial charge on any atom is -0.308 e. The maximum absolute atomic E-state index is 12.6. The average Bonchev–Trinajstić information content (AvgIpc) is 2.31. The van der Waals surface area contributed by atoms with E-state index in [1.807, 2.05) is 0 Å². The van der Waals surface area contributed by atoms with E-state index in [1.54, 1.807) is 0 Å². The van der Waals surface area contributed by atoms with Crippen molar-refractivity contribution in [2.45, 2.75) is 24.1 Å². The van der Waals surface area contributed by atoms with Crippen LogP contribution in [0.5, 0.6) is 0 Å². The Bertz CT molecular complexity index is 573. The van der Waals surface area contributed by atoms with Gasteiger partial charge in [0.2, 0.25) is 0 Å². The van der Waals surface area contributed by atoms with Crippen LogP contribution in [0, 0.1) is 0 Å². The first kappa shape index (κ1) is 20.2. The molecule has 3 nitrogen and oxygen atoms in total. The van der Waals surface area contributed by atoms with Crippen LogP contribution in [-0.4, -0.2) is 30.1 Å². The topological polar surface area (TPSA) is 41.1 Å². The highest BCUT2D eigenvalue weighted by Crippen LogP contribution is 2.52. The molecule has 1 rings (SSSR count). The fourth-order valence-corrected chi connectivity index (χ4v) is 1.78. The number of carbonyl (C=O) groups excluding carboxylic acids is 1. The van der Waals surface area contributed by atoms with E-state index in [9.17, 15) is 44.3 Å². The quantitative estimate of drug-likeness (QED) is 0.696. The maximum Gasteiger partial charge on any atom is 0.429 e. The van der Waals surface area contributed by atoms with Gasteiger partial charge in [-0.3, -0.25) is 0 Å². The second kappa shape index (κ2) is 6.22. The summed E-state index contributed by atoms with van der Waals surface area (Å²) in [6.07, 6.45) is -20.7. The Kier molecular flexibility index (Phi) is 5.24. The number of urea groups is 1. The van der Waals surface area contributed by atoms with Crippen LogP contribution in [-0.2, 0) is 0 Å². The number of carbonyl (C=O) groups is 1. The first-order chi connectivity index (χ1) is 10.6. The van der Waals surface area contributed by atoms with Gasteiger partial charge in [-0.1, -0.05) is 17.7 Å². The second-order valence-electron chi connectivity index (χ2n) is 4.33. The lowest BCUT2D eigenvalue weighted by Crippen LogP contribution is -2.75. The fraction of sp³-hybridized carbons (Fsp3) is 0.364. The largest absolute Gasteiger partial charge is 0.429 e. The number of amides is 2. The van der Waals surface area contributed by atoms with Crippen LogP contribution < -0.4 is 10.6 Å². The van der Waals surface area contributed by atoms with Crippen LogP contribution in [0.1, 0.15) is 0 Å². The Morgan fingerprint density at radius 3 is 1.71 bits per heavy atom. The number of hydrogen-bond acceptors (Lipinski definition) is 1. The Morgan fingerprint density at radius 1 is 0.875 bits per heavy atom. The molecule has 1 aromatic rings. The van der Waals surface area contributed by atoms with Gasteiger partial charge < -0.3 is 10.6 Å². The van der Waals surface area contributed by atoms with Gasteiger partial charge in [-0.25, -0.2) is 4.79 Å². The van der Waals surface area contributed by atoms with Crippen LogP contribution in [0.2, 0.25) is 5.02 Å². The average molecular weight is 389 g/mol. The number of benzene rings is 1. The zero-order valence-corrected chi connectivity index (χ0v) is 11.8. The third-order valence-corrected chi connectivity index (χ3v) is 2.89. The summed E-state index contributed by atoms with van der Waals surface area (Å²) in [6.45, 7) is 0. The lowest BCUT2D eigenvalue weighted by molar-refractivity contribution is -0.386. The van der Waals surface area contributed by atoms with Gasteiger partial charge in [-0.2, -0.15) is 39.5 Å². The van der Waals surface area contributed by atoms with Gasteiger partial charge in [0, 0.05) is 10.7 Å². The molecule has 2 N–H and O–H groups in total.